The van der Waals surface area contributed by atoms with Crippen molar-refractivity contribution in [3.63, 3.8) is 0 Å². The van der Waals surface area contributed by atoms with Gasteiger partial charge in [0.2, 0.25) is 0 Å². The topological polar surface area (TPSA) is 86.1 Å². The van der Waals surface area contributed by atoms with Crippen LogP contribution in [0.25, 0.3) is 21.1 Å². The number of ether oxygens (including phenoxy) is 1. The molecule has 0 aliphatic heterocycles. The fourth-order valence-electron chi connectivity index (χ4n) is 3.13. The fraction of sp³-hybridized carbons (Fsp3) is 0.167. The maximum Gasteiger partial charge on any atom is 0.266 e. The second kappa shape index (κ2) is 10.4. The molecule has 1 amide bonds. The van der Waals surface area contributed by atoms with Crippen LogP contribution in [0.3, 0.4) is 0 Å². The van der Waals surface area contributed by atoms with E-state index in [1.54, 1.807) is 30.3 Å². The summed E-state index contributed by atoms with van der Waals surface area (Å²) in [6.07, 6.45) is 0. The first-order chi connectivity index (χ1) is 16.0. The van der Waals surface area contributed by atoms with Crippen LogP contribution >= 0.6 is 22.9 Å². The van der Waals surface area contributed by atoms with Crippen molar-refractivity contribution >= 4 is 28.8 Å². The number of aromatic nitrogens is 3. The number of hydrogen-bond donors (Lipinski definition) is 1. The maximum atomic E-state index is 12.3. The molecule has 2 aromatic carbocycles. The van der Waals surface area contributed by atoms with Gasteiger partial charge in [-0.1, -0.05) is 48.0 Å². The minimum Gasteiger partial charge on any atom is -0.484 e. The van der Waals surface area contributed by atoms with Crippen molar-refractivity contribution in [1.29, 1.82) is 0 Å². The van der Waals surface area contributed by atoms with Crippen LogP contribution in [-0.2, 0) is 11.3 Å². The Morgan fingerprint density at radius 3 is 2.73 bits per heavy atom. The molecule has 0 spiro atoms. The summed E-state index contributed by atoms with van der Waals surface area (Å²) in [5, 5.41) is 8.65. The van der Waals surface area contributed by atoms with Crippen LogP contribution in [0, 0.1) is 6.92 Å². The van der Waals surface area contributed by atoms with Crippen molar-refractivity contribution in [3.8, 4) is 26.9 Å². The number of amides is 1. The van der Waals surface area contributed by atoms with Gasteiger partial charge in [-0.2, -0.15) is 5.10 Å². The van der Waals surface area contributed by atoms with Gasteiger partial charge in [-0.15, -0.1) is 11.3 Å². The van der Waals surface area contributed by atoms with Crippen molar-refractivity contribution in [2.45, 2.75) is 13.5 Å². The largest absolute Gasteiger partial charge is 0.484 e. The van der Waals surface area contributed by atoms with E-state index in [9.17, 15) is 9.59 Å². The molecule has 0 atom stereocenters. The van der Waals surface area contributed by atoms with Crippen LogP contribution < -0.4 is 15.6 Å². The Hall–Kier alpha value is -3.49. The minimum absolute atomic E-state index is 0.148. The third-order valence-corrected chi connectivity index (χ3v) is 6.19. The first-order valence-corrected chi connectivity index (χ1v) is 11.5. The standard InChI is InChI=1S/C24H21ClN4O3S/c1-16-23(33-24(27-16)17-6-3-2-4-7-17)20-10-11-22(31)29(28-20)13-12-26-21(30)15-32-19-9-5-8-18(25)14-19/h2-11,14H,12-13,15H2,1H3,(H,26,30). The lowest BCUT2D eigenvalue weighted by atomic mass is 10.2. The second-order valence-corrected chi connectivity index (χ2v) is 8.61. The van der Waals surface area contributed by atoms with E-state index in [0.717, 1.165) is 21.1 Å². The molecule has 0 aliphatic carbocycles. The zero-order chi connectivity index (χ0) is 23.2. The van der Waals surface area contributed by atoms with Crippen LogP contribution in [0.4, 0.5) is 0 Å². The molecule has 0 aliphatic rings. The van der Waals surface area contributed by atoms with E-state index in [1.165, 1.54) is 22.1 Å². The van der Waals surface area contributed by atoms with Gasteiger partial charge in [0.25, 0.3) is 11.5 Å². The lowest BCUT2D eigenvalue weighted by molar-refractivity contribution is -0.123. The summed E-state index contributed by atoms with van der Waals surface area (Å²) in [5.74, 6) is 0.211. The van der Waals surface area contributed by atoms with Crippen LogP contribution in [0.15, 0.2) is 71.5 Å². The number of carbonyl (C=O) groups excluding carboxylic acids is 1. The molecule has 0 radical (unpaired) electrons. The smallest absolute Gasteiger partial charge is 0.266 e. The van der Waals surface area contributed by atoms with Crippen molar-refractivity contribution in [2.24, 2.45) is 0 Å². The van der Waals surface area contributed by atoms with Gasteiger partial charge in [-0.05, 0) is 31.2 Å². The zero-order valence-electron chi connectivity index (χ0n) is 17.8. The Kier molecular flexibility index (Phi) is 7.16. The van der Waals surface area contributed by atoms with E-state index >= 15 is 0 Å². The van der Waals surface area contributed by atoms with E-state index in [2.05, 4.69) is 15.4 Å². The van der Waals surface area contributed by atoms with Gasteiger partial charge in [0, 0.05) is 23.2 Å². The minimum atomic E-state index is -0.301. The van der Waals surface area contributed by atoms with Crippen LogP contribution in [0.1, 0.15) is 5.69 Å². The number of halogens is 1. The number of benzene rings is 2. The normalized spacial score (nSPS) is 10.7. The van der Waals surface area contributed by atoms with E-state index < -0.39 is 0 Å². The first-order valence-electron chi connectivity index (χ1n) is 10.3. The summed E-state index contributed by atoms with van der Waals surface area (Å²) in [5.41, 5.74) is 2.31. The van der Waals surface area contributed by atoms with E-state index in [4.69, 9.17) is 16.3 Å². The Bertz CT molecular complexity index is 1320. The molecule has 0 saturated carbocycles. The van der Waals surface area contributed by atoms with Gasteiger partial charge in [-0.3, -0.25) is 9.59 Å². The lowest BCUT2D eigenvalue weighted by Gasteiger charge is -2.09. The highest BCUT2D eigenvalue weighted by molar-refractivity contribution is 7.18. The summed E-state index contributed by atoms with van der Waals surface area (Å²) in [4.78, 5) is 29.9. The summed E-state index contributed by atoms with van der Waals surface area (Å²) in [6.45, 7) is 2.25. The maximum absolute atomic E-state index is 12.3. The van der Waals surface area contributed by atoms with Gasteiger partial charge in [0.1, 0.15) is 16.5 Å². The zero-order valence-corrected chi connectivity index (χ0v) is 19.4. The van der Waals surface area contributed by atoms with Crippen molar-refractivity contribution in [1.82, 2.24) is 20.1 Å². The molecule has 4 rings (SSSR count). The number of hydrogen-bond acceptors (Lipinski definition) is 6. The monoisotopic (exact) mass is 480 g/mol. The fourth-order valence-corrected chi connectivity index (χ4v) is 4.34. The quantitative estimate of drug-likeness (QED) is 0.408. The third-order valence-electron chi connectivity index (χ3n) is 4.73. The second-order valence-electron chi connectivity index (χ2n) is 7.18. The number of nitrogens with zero attached hydrogens (tertiary/aromatic N) is 3. The Morgan fingerprint density at radius 2 is 1.94 bits per heavy atom. The summed E-state index contributed by atoms with van der Waals surface area (Å²) >= 11 is 7.43. The van der Waals surface area contributed by atoms with E-state index in [1.807, 2.05) is 37.3 Å². The molecule has 0 bridgehead atoms. The molecule has 2 heterocycles. The van der Waals surface area contributed by atoms with Crippen molar-refractivity contribution in [3.05, 3.63) is 87.8 Å². The molecule has 4 aromatic rings. The highest BCUT2D eigenvalue weighted by Gasteiger charge is 2.14. The van der Waals surface area contributed by atoms with Gasteiger partial charge in [-0.25, -0.2) is 9.67 Å². The average molecular weight is 481 g/mol. The number of rotatable bonds is 8. The molecule has 7 nitrogen and oxygen atoms in total. The highest BCUT2D eigenvalue weighted by atomic mass is 35.5. The third kappa shape index (κ3) is 5.85. The Morgan fingerprint density at radius 1 is 1.12 bits per heavy atom. The van der Waals surface area contributed by atoms with Gasteiger partial charge in [0.05, 0.1) is 17.1 Å². The highest BCUT2D eigenvalue weighted by Crippen LogP contribution is 2.33. The van der Waals surface area contributed by atoms with Crippen LogP contribution in [0.5, 0.6) is 5.75 Å². The number of nitrogens with one attached hydrogen (secondary N) is 1. The van der Waals surface area contributed by atoms with E-state index in [0.29, 0.717) is 16.5 Å². The first kappa shape index (κ1) is 22.7. The number of thiazole rings is 1. The Balaban J connectivity index is 1.38. The molecule has 168 valence electrons. The van der Waals surface area contributed by atoms with Gasteiger partial charge >= 0.3 is 0 Å². The van der Waals surface area contributed by atoms with Crippen molar-refractivity contribution in [2.75, 3.05) is 13.2 Å². The molecule has 0 saturated heterocycles. The number of carbonyl (C=O) groups is 1. The summed E-state index contributed by atoms with van der Waals surface area (Å²) in [7, 11) is 0. The van der Waals surface area contributed by atoms with Gasteiger partial charge in [0.15, 0.2) is 6.61 Å². The molecule has 0 unspecified atom stereocenters. The van der Waals surface area contributed by atoms with E-state index in [-0.39, 0.29) is 31.2 Å². The summed E-state index contributed by atoms with van der Waals surface area (Å²) in [6, 6.07) is 19.9. The molecule has 9 heteroatoms. The SMILES string of the molecule is Cc1nc(-c2ccccc2)sc1-c1ccc(=O)n(CCNC(=O)COc2cccc(Cl)c2)n1. The number of aryl methyl sites for hydroxylation is 1. The predicted molar refractivity (Wildman–Crippen MR) is 130 cm³/mol. The van der Waals surface area contributed by atoms with Crippen LogP contribution in [0.2, 0.25) is 5.02 Å². The molecule has 33 heavy (non-hydrogen) atoms. The average Bonchev–Trinajstić information content (AvgIpc) is 3.21. The lowest BCUT2D eigenvalue weighted by Crippen LogP contribution is -2.34. The van der Waals surface area contributed by atoms with Crippen molar-refractivity contribution < 1.29 is 9.53 Å². The predicted octanol–water partition coefficient (Wildman–Crippen LogP) is 4.19. The molecular formula is C24H21ClN4O3S. The Labute approximate surface area is 199 Å². The van der Waals surface area contributed by atoms with Crippen LogP contribution in [-0.4, -0.2) is 33.8 Å². The molecular weight excluding hydrogens is 460 g/mol. The molecule has 2 aromatic heterocycles. The van der Waals surface area contributed by atoms with Gasteiger partial charge < -0.3 is 10.1 Å². The molecule has 1 N–H and O–H groups in total. The molecule has 0 fully saturated rings. The summed E-state index contributed by atoms with van der Waals surface area (Å²) < 4.78 is 6.76.